The summed E-state index contributed by atoms with van der Waals surface area (Å²) in [6, 6.07) is 12.7. The molecule has 1 amide bonds. The summed E-state index contributed by atoms with van der Waals surface area (Å²) >= 11 is 1.18. The third-order valence-electron chi connectivity index (χ3n) is 4.76. The maximum Gasteiger partial charge on any atom is 0.252 e. The highest BCUT2D eigenvalue weighted by atomic mass is 32.2. The van der Waals surface area contributed by atoms with E-state index in [4.69, 9.17) is 4.52 Å². The van der Waals surface area contributed by atoms with Crippen LogP contribution in [0.15, 0.2) is 56.6 Å². The Bertz CT molecular complexity index is 1060. The number of rotatable bonds is 6. The number of nitrogens with zero attached hydrogens (tertiary/aromatic N) is 3. The number of sulfonamides is 1. The van der Waals surface area contributed by atoms with Gasteiger partial charge in [-0.25, -0.2) is 8.42 Å². The summed E-state index contributed by atoms with van der Waals surface area (Å²) in [5.74, 6) is 0.141. The largest absolute Gasteiger partial charge is 0.347 e. The van der Waals surface area contributed by atoms with Crippen molar-refractivity contribution in [2.45, 2.75) is 23.6 Å². The summed E-state index contributed by atoms with van der Waals surface area (Å²) in [7, 11) is -3.55. The molecule has 1 aromatic carbocycles. The van der Waals surface area contributed by atoms with Crippen molar-refractivity contribution >= 4 is 27.3 Å². The highest BCUT2D eigenvalue weighted by Crippen LogP contribution is 2.26. The Kier molecular flexibility index (Phi) is 5.74. The molecule has 1 saturated heterocycles. The second-order valence-electron chi connectivity index (χ2n) is 6.73. The molecule has 1 aliphatic heterocycles. The van der Waals surface area contributed by atoms with Crippen LogP contribution in [0.4, 0.5) is 0 Å². The van der Waals surface area contributed by atoms with E-state index in [1.807, 2.05) is 30.3 Å². The average Bonchev–Trinajstić information content (AvgIpc) is 3.45. The van der Waals surface area contributed by atoms with E-state index >= 15 is 0 Å². The van der Waals surface area contributed by atoms with Gasteiger partial charge in [0.1, 0.15) is 4.21 Å². The number of hydrogen-bond donors (Lipinski definition) is 1. The second-order valence-corrected chi connectivity index (χ2v) is 9.84. The van der Waals surface area contributed by atoms with Crippen molar-refractivity contribution in [2.75, 3.05) is 13.1 Å². The van der Waals surface area contributed by atoms with Gasteiger partial charge < -0.3 is 9.84 Å². The van der Waals surface area contributed by atoms with Crippen LogP contribution in [0.5, 0.6) is 0 Å². The van der Waals surface area contributed by atoms with Gasteiger partial charge in [0.05, 0.1) is 12.5 Å². The first-order chi connectivity index (χ1) is 14.0. The van der Waals surface area contributed by atoms with E-state index in [0.29, 0.717) is 35.3 Å². The predicted octanol–water partition coefficient (Wildman–Crippen LogP) is 2.52. The van der Waals surface area contributed by atoms with Gasteiger partial charge in [0, 0.05) is 18.7 Å². The van der Waals surface area contributed by atoms with Crippen LogP contribution in [0.1, 0.15) is 18.7 Å². The van der Waals surface area contributed by atoms with E-state index < -0.39 is 15.9 Å². The average molecular weight is 433 g/mol. The van der Waals surface area contributed by atoms with Crippen molar-refractivity contribution in [3.05, 3.63) is 53.7 Å². The van der Waals surface area contributed by atoms with Gasteiger partial charge in [-0.3, -0.25) is 4.79 Å². The maximum atomic E-state index is 12.7. The predicted molar refractivity (Wildman–Crippen MR) is 107 cm³/mol. The molecule has 1 fully saturated rings. The first-order valence-electron chi connectivity index (χ1n) is 9.23. The molecule has 8 nitrogen and oxygen atoms in total. The number of amides is 1. The SMILES string of the molecule is O=C(NCc1nc(-c2ccccc2)no1)C1CCCN(S(=O)(=O)c2cccs2)C1. The highest BCUT2D eigenvalue weighted by Gasteiger charge is 2.33. The summed E-state index contributed by atoms with van der Waals surface area (Å²) in [5.41, 5.74) is 0.829. The fourth-order valence-electron chi connectivity index (χ4n) is 3.25. The van der Waals surface area contributed by atoms with Crippen LogP contribution in [0, 0.1) is 5.92 Å². The lowest BCUT2D eigenvalue weighted by Crippen LogP contribution is -2.45. The van der Waals surface area contributed by atoms with Gasteiger partial charge in [-0.15, -0.1) is 11.3 Å². The zero-order chi connectivity index (χ0) is 20.3. The van der Waals surface area contributed by atoms with Crippen molar-refractivity contribution in [1.82, 2.24) is 19.8 Å². The van der Waals surface area contributed by atoms with Crippen molar-refractivity contribution in [1.29, 1.82) is 0 Å². The zero-order valence-corrected chi connectivity index (χ0v) is 17.2. The highest BCUT2D eigenvalue weighted by molar-refractivity contribution is 7.91. The molecule has 0 saturated carbocycles. The fraction of sp³-hybridized carbons (Fsp3) is 0.316. The summed E-state index contributed by atoms with van der Waals surface area (Å²) in [6.07, 6.45) is 1.28. The van der Waals surface area contributed by atoms with E-state index in [1.54, 1.807) is 17.5 Å². The molecule has 0 radical (unpaired) electrons. The molecule has 1 atom stereocenters. The van der Waals surface area contributed by atoms with Crippen LogP contribution in [-0.4, -0.2) is 41.9 Å². The van der Waals surface area contributed by atoms with Crippen molar-refractivity contribution < 1.29 is 17.7 Å². The minimum atomic E-state index is -3.55. The first kappa shape index (κ1) is 19.7. The number of benzene rings is 1. The minimum Gasteiger partial charge on any atom is -0.347 e. The summed E-state index contributed by atoms with van der Waals surface area (Å²) in [5, 5.41) is 8.44. The molecule has 3 heterocycles. The van der Waals surface area contributed by atoms with Crippen LogP contribution in [-0.2, 0) is 21.4 Å². The Morgan fingerprint density at radius 2 is 2.07 bits per heavy atom. The fourth-order valence-corrected chi connectivity index (χ4v) is 5.92. The van der Waals surface area contributed by atoms with E-state index in [-0.39, 0.29) is 19.0 Å². The van der Waals surface area contributed by atoms with Gasteiger partial charge in [-0.2, -0.15) is 9.29 Å². The van der Waals surface area contributed by atoms with E-state index in [0.717, 1.165) is 5.56 Å². The smallest absolute Gasteiger partial charge is 0.252 e. The number of hydrogen-bond acceptors (Lipinski definition) is 7. The van der Waals surface area contributed by atoms with Gasteiger partial charge in [-0.1, -0.05) is 41.6 Å². The third kappa shape index (κ3) is 4.39. The van der Waals surface area contributed by atoms with Crippen molar-refractivity contribution in [2.24, 2.45) is 5.92 Å². The van der Waals surface area contributed by atoms with Crippen molar-refractivity contribution in [3.8, 4) is 11.4 Å². The number of nitrogens with one attached hydrogen (secondary N) is 1. The van der Waals surface area contributed by atoms with Crippen LogP contribution >= 0.6 is 11.3 Å². The molecule has 1 N–H and O–H groups in total. The van der Waals surface area contributed by atoms with Crippen LogP contribution in [0.3, 0.4) is 0 Å². The molecule has 0 spiro atoms. The van der Waals surface area contributed by atoms with Crippen molar-refractivity contribution in [3.63, 3.8) is 0 Å². The molecule has 152 valence electrons. The lowest BCUT2D eigenvalue weighted by Gasteiger charge is -2.30. The molecule has 10 heteroatoms. The Hall–Kier alpha value is -2.56. The van der Waals surface area contributed by atoms with Gasteiger partial charge in [0.15, 0.2) is 0 Å². The Labute approximate surface area is 172 Å². The standard InChI is InChI=1S/C19H20N4O4S2/c24-19(20-12-16-21-18(22-27-16)14-6-2-1-3-7-14)15-8-4-10-23(13-15)29(25,26)17-9-5-11-28-17/h1-3,5-7,9,11,15H,4,8,10,12-13H2,(H,20,24). The van der Waals surface area contributed by atoms with Gasteiger partial charge in [0.2, 0.25) is 17.6 Å². The molecule has 1 aliphatic rings. The molecule has 2 aromatic heterocycles. The molecule has 29 heavy (non-hydrogen) atoms. The number of aromatic nitrogens is 2. The summed E-state index contributed by atoms with van der Waals surface area (Å²) in [4.78, 5) is 16.9. The molecule has 4 rings (SSSR count). The first-order valence-corrected chi connectivity index (χ1v) is 11.6. The van der Waals surface area contributed by atoms with Crippen LogP contribution in [0.25, 0.3) is 11.4 Å². The summed E-state index contributed by atoms with van der Waals surface area (Å²) < 4.78 is 32.3. The van der Waals surface area contributed by atoms with Crippen LogP contribution in [0.2, 0.25) is 0 Å². The topological polar surface area (TPSA) is 105 Å². The van der Waals surface area contributed by atoms with Gasteiger partial charge >= 0.3 is 0 Å². The normalized spacial score (nSPS) is 17.9. The molecular weight excluding hydrogens is 412 g/mol. The molecule has 3 aromatic rings. The van der Waals surface area contributed by atoms with Crippen LogP contribution < -0.4 is 5.32 Å². The van der Waals surface area contributed by atoms with Gasteiger partial charge in [-0.05, 0) is 24.3 Å². The summed E-state index contributed by atoms with van der Waals surface area (Å²) in [6.45, 7) is 0.701. The monoisotopic (exact) mass is 432 g/mol. The Balaban J connectivity index is 1.36. The van der Waals surface area contributed by atoms with Gasteiger partial charge in [0.25, 0.3) is 10.0 Å². The Morgan fingerprint density at radius 1 is 1.24 bits per heavy atom. The van der Waals surface area contributed by atoms with E-state index in [9.17, 15) is 13.2 Å². The molecule has 0 aliphatic carbocycles. The second kappa shape index (κ2) is 8.44. The number of carbonyl (C=O) groups is 1. The zero-order valence-electron chi connectivity index (χ0n) is 15.5. The Morgan fingerprint density at radius 3 is 2.83 bits per heavy atom. The minimum absolute atomic E-state index is 0.104. The lowest BCUT2D eigenvalue weighted by atomic mass is 9.99. The number of thiophene rings is 1. The number of piperidine rings is 1. The molecule has 1 unspecified atom stereocenters. The maximum absolute atomic E-state index is 12.7. The molecule has 0 bridgehead atoms. The molecular formula is C19H20N4O4S2. The number of carbonyl (C=O) groups excluding carboxylic acids is 1. The quantitative estimate of drug-likeness (QED) is 0.642. The van der Waals surface area contributed by atoms with E-state index in [1.165, 1.54) is 15.6 Å². The lowest BCUT2D eigenvalue weighted by molar-refractivity contribution is -0.126. The third-order valence-corrected chi connectivity index (χ3v) is 8.00. The van der Waals surface area contributed by atoms with E-state index in [2.05, 4.69) is 15.5 Å².